The van der Waals surface area contributed by atoms with Crippen molar-refractivity contribution in [1.82, 2.24) is 0 Å². The average molecular weight is 522 g/mol. The van der Waals surface area contributed by atoms with Gasteiger partial charge < -0.3 is 25.3 Å². The quantitative estimate of drug-likeness (QED) is 0.139. The van der Waals surface area contributed by atoms with Gasteiger partial charge in [0.1, 0.15) is 11.5 Å². The monoisotopic (exact) mass is 521 g/mol. The summed E-state index contributed by atoms with van der Waals surface area (Å²) < 4.78 is 5.80. The summed E-state index contributed by atoms with van der Waals surface area (Å²) in [4.78, 5) is 36.0. The third-order valence-corrected chi connectivity index (χ3v) is 5.93. The van der Waals surface area contributed by atoms with Gasteiger partial charge in [-0.3, -0.25) is 9.59 Å². The molecule has 0 saturated heterocycles. The SMILES string of the molecule is C#CCCCC(=O)Nc1ccc(C(=O)c2ccc(NCc3ccc(-c4ccc([O-])c(C(=O)O)c4)o3)cc2)cc1. The van der Waals surface area contributed by atoms with E-state index in [2.05, 4.69) is 16.6 Å². The lowest BCUT2D eigenvalue weighted by Gasteiger charge is -2.10. The van der Waals surface area contributed by atoms with Crippen LogP contribution in [-0.2, 0) is 11.3 Å². The molecule has 8 heteroatoms. The molecule has 0 spiro atoms. The molecule has 8 nitrogen and oxygen atoms in total. The van der Waals surface area contributed by atoms with E-state index in [0.717, 1.165) is 5.69 Å². The Morgan fingerprint density at radius 3 is 2.21 bits per heavy atom. The highest BCUT2D eigenvalue weighted by molar-refractivity contribution is 6.09. The molecule has 3 aromatic carbocycles. The fourth-order valence-electron chi connectivity index (χ4n) is 3.85. The van der Waals surface area contributed by atoms with Gasteiger partial charge in [0.15, 0.2) is 5.78 Å². The van der Waals surface area contributed by atoms with Gasteiger partial charge in [0.2, 0.25) is 5.91 Å². The molecule has 0 aliphatic heterocycles. The van der Waals surface area contributed by atoms with E-state index in [-0.39, 0.29) is 17.3 Å². The Balaban J connectivity index is 1.32. The number of carboxylic acids is 1. The molecule has 0 bridgehead atoms. The van der Waals surface area contributed by atoms with Crippen LogP contribution in [0.2, 0.25) is 0 Å². The Morgan fingerprint density at radius 2 is 1.56 bits per heavy atom. The maximum atomic E-state index is 12.9. The molecule has 4 rings (SSSR count). The second-order valence-corrected chi connectivity index (χ2v) is 8.73. The minimum absolute atomic E-state index is 0.122. The van der Waals surface area contributed by atoms with Crippen LogP contribution < -0.4 is 15.7 Å². The van der Waals surface area contributed by atoms with Crippen LogP contribution in [0, 0.1) is 12.3 Å². The largest absolute Gasteiger partial charge is 0.872 e. The lowest BCUT2D eigenvalue weighted by molar-refractivity contribution is -0.268. The molecule has 0 aliphatic carbocycles. The first-order chi connectivity index (χ1) is 18.8. The third-order valence-electron chi connectivity index (χ3n) is 5.93. The van der Waals surface area contributed by atoms with Gasteiger partial charge in [-0.2, -0.15) is 0 Å². The number of ketones is 1. The zero-order chi connectivity index (χ0) is 27.8. The van der Waals surface area contributed by atoms with Crippen molar-refractivity contribution in [2.24, 2.45) is 0 Å². The minimum atomic E-state index is -1.29. The second kappa shape index (κ2) is 12.3. The number of aromatic carboxylic acids is 1. The van der Waals surface area contributed by atoms with Crippen molar-refractivity contribution in [3.63, 3.8) is 0 Å². The van der Waals surface area contributed by atoms with Crippen LogP contribution in [0.3, 0.4) is 0 Å². The summed E-state index contributed by atoms with van der Waals surface area (Å²) in [5.74, 6) is 1.45. The van der Waals surface area contributed by atoms with Crippen molar-refractivity contribution in [1.29, 1.82) is 0 Å². The van der Waals surface area contributed by atoms with Gasteiger partial charge in [0.05, 0.1) is 12.1 Å². The normalized spacial score (nSPS) is 10.4. The predicted octanol–water partition coefficient (Wildman–Crippen LogP) is 5.30. The zero-order valence-electron chi connectivity index (χ0n) is 20.9. The number of terminal acetylenes is 1. The number of amides is 1. The summed E-state index contributed by atoms with van der Waals surface area (Å²) in [7, 11) is 0. The lowest BCUT2D eigenvalue weighted by Crippen LogP contribution is -2.11. The number of carboxylic acid groups (broad SMARTS) is 1. The van der Waals surface area contributed by atoms with Crippen molar-refractivity contribution in [3.05, 3.63) is 101 Å². The predicted molar refractivity (Wildman–Crippen MR) is 146 cm³/mol. The Morgan fingerprint density at radius 1 is 0.897 bits per heavy atom. The number of furan rings is 1. The van der Waals surface area contributed by atoms with Gasteiger partial charge in [-0.15, -0.1) is 12.3 Å². The molecule has 196 valence electrons. The molecule has 3 N–H and O–H groups in total. The third kappa shape index (κ3) is 6.93. The van der Waals surface area contributed by atoms with E-state index in [1.165, 1.54) is 18.2 Å². The van der Waals surface area contributed by atoms with Gasteiger partial charge in [-0.25, -0.2) is 4.79 Å². The van der Waals surface area contributed by atoms with Crippen LogP contribution >= 0.6 is 0 Å². The van der Waals surface area contributed by atoms with E-state index < -0.39 is 11.7 Å². The van der Waals surface area contributed by atoms with Crippen LogP contribution in [0.15, 0.2) is 83.3 Å². The van der Waals surface area contributed by atoms with Crippen LogP contribution in [0.5, 0.6) is 5.75 Å². The Labute approximate surface area is 225 Å². The number of hydrogen-bond acceptors (Lipinski definition) is 6. The molecule has 39 heavy (non-hydrogen) atoms. The highest BCUT2D eigenvalue weighted by atomic mass is 16.4. The first-order valence-corrected chi connectivity index (χ1v) is 12.2. The van der Waals surface area contributed by atoms with Gasteiger partial charge in [-0.05, 0) is 73.2 Å². The van der Waals surface area contributed by atoms with E-state index in [0.29, 0.717) is 59.7 Å². The first-order valence-electron chi connectivity index (χ1n) is 12.2. The summed E-state index contributed by atoms with van der Waals surface area (Å²) in [6, 6.07) is 21.2. The second-order valence-electron chi connectivity index (χ2n) is 8.73. The summed E-state index contributed by atoms with van der Waals surface area (Å²) in [5.41, 5.74) is 2.59. The van der Waals surface area contributed by atoms with Crippen LogP contribution in [-0.4, -0.2) is 22.8 Å². The van der Waals surface area contributed by atoms with E-state index in [9.17, 15) is 19.5 Å². The van der Waals surface area contributed by atoms with Gasteiger partial charge in [0.25, 0.3) is 0 Å². The van der Waals surface area contributed by atoms with E-state index in [1.54, 1.807) is 60.7 Å². The molecule has 1 heterocycles. The molecular weight excluding hydrogens is 496 g/mol. The molecule has 1 amide bonds. The molecule has 0 radical (unpaired) electrons. The van der Waals surface area contributed by atoms with E-state index >= 15 is 0 Å². The number of nitrogens with one attached hydrogen (secondary N) is 2. The summed E-state index contributed by atoms with van der Waals surface area (Å²) in [6.45, 7) is 0.356. The Kier molecular flexibility index (Phi) is 8.44. The number of anilines is 2. The van der Waals surface area contributed by atoms with Crippen LogP contribution in [0.25, 0.3) is 11.3 Å². The van der Waals surface area contributed by atoms with Crippen molar-refractivity contribution < 1.29 is 29.0 Å². The molecule has 1 aromatic heterocycles. The summed E-state index contributed by atoms with van der Waals surface area (Å²) in [5, 5.41) is 26.8. The molecule has 4 aromatic rings. The minimum Gasteiger partial charge on any atom is -0.872 e. The highest BCUT2D eigenvalue weighted by Gasteiger charge is 2.12. The van der Waals surface area contributed by atoms with Crippen molar-refractivity contribution in [2.45, 2.75) is 25.8 Å². The number of benzene rings is 3. The van der Waals surface area contributed by atoms with Crippen LogP contribution in [0.4, 0.5) is 11.4 Å². The van der Waals surface area contributed by atoms with E-state index in [4.69, 9.17) is 15.9 Å². The van der Waals surface area contributed by atoms with Gasteiger partial charge >= 0.3 is 5.97 Å². The number of unbranched alkanes of at least 4 members (excludes halogenated alkanes) is 1. The highest BCUT2D eigenvalue weighted by Crippen LogP contribution is 2.27. The first kappa shape index (κ1) is 26.8. The summed E-state index contributed by atoms with van der Waals surface area (Å²) in [6.07, 6.45) is 6.72. The number of carbonyl (C=O) groups excluding carboxylic acids is 2. The zero-order valence-corrected chi connectivity index (χ0v) is 20.9. The van der Waals surface area contributed by atoms with Gasteiger partial charge in [-0.1, -0.05) is 17.9 Å². The van der Waals surface area contributed by atoms with Crippen LogP contribution in [0.1, 0.15) is 51.3 Å². The molecule has 0 unspecified atom stereocenters. The average Bonchev–Trinajstić information content (AvgIpc) is 3.41. The lowest BCUT2D eigenvalue weighted by atomic mass is 10.0. The van der Waals surface area contributed by atoms with E-state index in [1.807, 2.05) is 0 Å². The molecule has 0 fully saturated rings. The standard InChI is InChI=1S/C31H26N2O6/c1-2-3-4-5-29(35)33-24-13-8-21(9-14-24)30(36)20-6-11-23(12-7-20)32-19-25-15-17-28(39-25)22-10-16-27(34)26(18-22)31(37)38/h1,6-18,32,34H,3-5,19H2,(H,33,35)(H,37,38)/p-1. The maximum Gasteiger partial charge on any atom is 0.335 e. The fraction of sp³-hybridized carbons (Fsp3) is 0.129. The van der Waals surface area contributed by atoms with Crippen molar-refractivity contribution in [3.8, 4) is 29.4 Å². The Bertz CT molecular complexity index is 1530. The molecular formula is C31H25N2O6-. The maximum absolute atomic E-state index is 12.9. The molecule has 0 atom stereocenters. The number of carbonyl (C=O) groups is 3. The van der Waals surface area contributed by atoms with Crippen molar-refractivity contribution >= 4 is 29.0 Å². The smallest absolute Gasteiger partial charge is 0.335 e. The van der Waals surface area contributed by atoms with Crippen molar-refractivity contribution in [2.75, 3.05) is 10.6 Å². The fourth-order valence-corrected chi connectivity index (χ4v) is 3.85. The number of hydrogen-bond donors (Lipinski definition) is 3. The van der Waals surface area contributed by atoms with Gasteiger partial charge in [0, 0.05) is 40.9 Å². The molecule has 0 saturated carbocycles. The number of rotatable bonds is 11. The summed E-state index contributed by atoms with van der Waals surface area (Å²) >= 11 is 0. The molecule has 0 aliphatic rings. The Hall–Kier alpha value is -5.29. The topological polar surface area (TPSA) is 132 Å².